The number of carbonyl (C=O) groups is 1. The monoisotopic (exact) mass is 436 g/mol. The first-order chi connectivity index (χ1) is 14.4. The molecule has 0 unspecified atom stereocenters. The zero-order valence-electron chi connectivity index (χ0n) is 17.0. The van der Waals surface area contributed by atoms with Crippen LogP contribution < -0.4 is 23.5 Å². The van der Waals surface area contributed by atoms with E-state index >= 15 is 0 Å². The Morgan fingerprint density at radius 1 is 0.900 bits per heavy atom. The number of benzene rings is 2. The average Bonchev–Trinajstić information content (AvgIpc) is 3.08. The van der Waals surface area contributed by atoms with Crippen LogP contribution in [0, 0.1) is 6.92 Å². The van der Waals surface area contributed by atoms with Crippen LogP contribution >= 0.6 is 8.60 Å². The smallest absolute Gasteiger partial charge is 0.391 e. The van der Waals surface area contributed by atoms with Crippen LogP contribution in [-0.2, 0) is 0 Å². The van der Waals surface area contributed by atoms with Crippen LogP contribution in [0.5, 0.6) is 28.7 Å². The van der Waals surface area contributed by atoms with Crippen LogP contribution in [0.2, 0.25) is 0 Å². The van der Waals surface area contributed by atoms with Crippen molar-refractivity contribution in [3.63, 3.8) is 0 Å². The van der Waals surface area contributed by atoms with Gasteiger partial charge >= 0.3 is 8.60 Å². The summed E-state index contributed by atoms with van der Waals surface area (Å²) in [4.78, 5) is 32.0. The van der Waals surface area contributed by atoms with Crippen LogP contribution in [0.25, 0.3) is 11.0 Å². The maximum atomic E-state index is 13.4. The lowest BCUT2D eigenvalue weighted by Crippen LogP contribution is -2.05. The molecule has 0 aliphatic heterocycles. The molecule has 2 N–H and O–H groups in total. The van der Waals surface area contributed by atoms with E-state index in [4.69, 9.17) is 27.9 Å². The fourth-order valence-corrected chi connectivity index (χ4v) is 3.54. The van der Waals surface area contributed by atoms with Gasteiger partial charge in [0.2, 0.25) is 11.5 Å². The molecule has 10 heteroatoms. The third-order valence-corrected chi connectivity index (χ3v) is 4.85. The molecule has 0 radical (unpaired) electrons. The summed E-state index contributed by atoms with van der Waals surface area (Å²) in [6.45, 7) is 1.63. The molecule has 3 aromatic rings. The van der Waals surface area contributed by atoms with Gasteiger partial charge in [0.25, 0.3) is 0 Å². The van der Waals surface area contributed by atoms with E-state index in [1.807, 2.05) is 0 Å². The lowest BCUT2D eigenvalue weighted by molar-refractivity contribution is 0.103. The summed E-state index contributed by atoms with van der Waals surface area (Å²) in [5.41, 5.74) is 0.741. The number of hydrogen-bond acceptors (Lipinski definition) is 9. The number of ether oxygens (including phenoxy) is 4. The van der Waals surface area contributed by atoms with Gasteiger partial charge in [-0.2, -0.15) is 0 Å². The molecule has 0 saturated carbocycles. The van der Waals surface area contributed by atoms with Crippen LogP contribution in [0.15, 0.2) is 28.7 Å². The van der Waals surface area contributed by atoms with Gasteiger partial charge in [-0.3, -0.25) is 4.79 Å². The number of rotatable bonds is 8. The Bertz CT molecular complexity index is 1060. The fourth-order valence-electron chi connectivity index (χ4n) is 3.20. The maximum absolute atomic E-state index is 13.4. The molecule has 1 heterocycles. The van der Waals surface area contributed by atoms with Gasteiger partial charge in [0, 0.05) is 10.9 Å². The van der Waals surface area contributed by atoms with Crippen molar-refractivity contribution in [1.82, 2.24) is 0 Å². The normalized spacial score (nSPS) is 10.9. The van der Waals surface area contributed by atoms with Crippen LogP contribution in [0.4, 0.5) is 0 Å². The highest BCUT2D eigenvalue weighted by Crippen LogP contribution is 2.45. The van der Waals surface area contributed by atoms with E-state index in [1.165, 1.54) is 28.4 Å². The molecule has 0 fully saturated rings. The summed E-state index contributed by atoms with van der Waals surface area (Å²) < 4.78 is 32.0. The predicted molar refractivity (Wildman–Crippen MR) is 109 cm³/mol. The topological polar surface area (TPSA) is 117 Å². The van der Waals surface area contributed by atoms with Crippen LogP contribution in [-0.4, -0.2) is 44.0 Å². The minimum absolute atomic E-state index is 0.00171. The number of fused-ring (bicyclic) bond motifs is 1. The molecule has 30 heavy (non-hydrogen) atoms. The Balaban J connectivity index is 2.20. The van der Waals surface area contributed by atoms with Gasteiger partial charge in [-0.1, -0.05) is 0 Å². The van der Waals surface area contributed by atoms with E-state index < -0.39 is 8.60 Å². The molecular formula is C20H21O9P. The average molecular weight is 436 g/mol. The number of hydrogen-bond donors (Lipinski definition) is 2. The number of ketones is 1. The standard InChI is InChI=1S/C20H21O9P/c1-10-16(12-6-7-13(24-2)20(18(12)28-10)29-30(22)23)17(21)11-8-14(25-3)19(27-5)15(9-11)26-4/h6-9,22-23H,1-5H3. The Morgan fingerprint density at radius 2 is 1.50 bits per heavy atom. The van der Waals surface area contributed by atoms with E-state index in [-0.39, 0.29) is 28.4 Å². The summed E-state index contributed by atoms with van der Waals surface area (Å²) in [7, 11) is 3.08. The van der Waals surface area contributed by atoms with Gasteiger partial charge in [0.1, 0.15) is 5.76 Å². The summed E-state index contributed by atoms with van der Waals surface area (Å²) in [5, 5.41) is 0.430. The number of furan rings is 1. The van der Waals surface area contributed by atoms with Crippen molar-refractivity contribution >= 4 is 25.4 Å². The first-order valence-electron chi connectivity index (χ1n) is 8.66. The van der Waals surface area contributed by atoms with Crippen molar-refractivity contribution < 1.29 is 42.5 Å². The van der Waals surface area contributed by atoms with Crippen molar-refractivity contribution in [3.8, 4) is 28.7 Å². The highest BCUT2D eigenvalue weighted by molar-refractivity contribution is 7.39. The largest absolute Gasteiger partial charge is 0.493 e. The second kappa shape index (κ2) is 8.79. The fraction of sp³-hybridized carbons (Fsp3) is 0.250. The predicted octanol–water partition coefficient (Wildman–Crippen LogP) is 3.60. The summed E-state index contributed by atoms with van der Waals surface area (Å²) >= 11 is 0. The quantitative estimate of drug-likeness (QED) is 0.403. The Hall–Kier alpha value is -3.00. The van der Waals surface area contributed by atoms with Crippen molar-refractivity contribution in [1.29, 1.82) is 0 Å². The van der Waals surface area contributed by atoms with Gasteiger partial charge in [-0.05, 0) is 31.2 Å². The molecule has 0 aliphatic rings. The summed E-state index contributed by atoms with van der Waals surface area (Å²) in [5.74, 6) is 1.24. The van der Waals surface area contributed by atoms with Crippen molar-refractivity contribution in [2.75, 3.05) is 28.4 Å². The molecule has 0 saturated heterocycles. The third-order valence-electron chi connectivity index (χ3n) is 4.50. The molecule has 0 amide bonds. The molecule has 3 rings (SSSR count). The van der Waals surface area contributed by atoms with Crippen molar-refractivity contribution in [3.05, 3.63) is 41.2 Å². The zero-order chi connectivity index (χ0) is 22.0. The van der Waals surface area contributed by atoms with E-state index in [2.05, 4.69) is 0 Å². The van der Waals surface area contributed by atoms with E-state index in [0.717, 1.165) is 0 Å². The lowest BCUT2D eigenvalue weighted by atomic mass is 9.99. The molecule has 9 nitrogen and oxygen atoms in total. The highest BCUT2D eigenvalue weighted by Gasteiger charge is 2.27. The molecule has 2 aromatic carbocycles. The van der Waals surface area contributed by atoms with Crippen LogP contribution in [0.3, 0.4) is 0 Å². The van der Waals surface area contributed by atoms with E-state index in [0.29, 0.717) is 34.0 Å². The minimum Gasteiger partial charge on any atom is -0.493 e. The van der Waals surface area contributed by atoms with Gasteiger partial charge in [-0.15, -0.1) is 0 Å². The van der Waals surface area contributed by atoms with Crippen molar-refractivity contribution in [2.45, 2.75) is 6.92 Å². The van der Waals surface area contributed by atoms with Crippen LogP contribution in [0.1, 0.15) is 21.7 Å². The zero-order valence-corrected chi connectivity index (χ0v) is 17.9. The molecule has 160 valence electrons. The summed E-state index contributed by atoms with van der Waals surface area (Å²) in [6.07, 6.45) is 0. The molecule has 1 aromatic heterocycles. The molecule has 0 spiro atoms. The first kappa shape index (κ1) is 21.7. The van der Waals surface area contributed by atoms with Gasteiger partial charge in [0.15, 0.2) is 28.6 Å². The molecular weight excluding hydrogens is 415 g/mol. The maximum Gasteiger partial charge on any atom is 0.391 e. The molecule has 0 atom stereocenters. The number of aryl methyl sites for hydroxylation is 1. The first-order valence-corrected chi connectivity index (χ1v) is 9.83. The second-order valence-electron chi connectivity index (χ2n) is 6.09. The SMILES string of the molecule is COc1cc(C(=O)c2c(C)oc3c(OP(O)O)c(OC)ccc23)cc(OC)c1OC. The third kappa shape index (κ3) is 3.75. The second-order valence-corrected chi connectivity index (χ2v) is 6.78. The summed E-state index contributed by atoms with van der Waals surface area (Å²) in [6, 6.07) is 6.28. The van der Waals surface area contributed by atoms with Gasteiger partial charge in [0.05, 0.1) is 34.0 Å². The van der Waals surface area contributed by atoms with E-state index in [1.54, 1.807) is 31.2 Å². The lowest BCUT2D eigenvalue weighted by Gasteiger charge is -2.13. The molecule has 0 aliphatic carbocycles. The minimum atomic E-state index is -2.72. The van der Waals surface area contributed by atoms with Gasteiger partial charge in [-0.25, -0.2) is 0 Å². The van der Waals surface area contributed by atoms with Crippen molar-refractivity contribution in [2.24, 2.45) is 0 Å². The Labute approximate surface area is 173 Å². The number of methoxy groups -OCH3 is 4. The molecule has 0 bridgehead atoms. The van der Waals surface area contributed by atoms with E-state index in [9.17, 15) is 14.6 Å². The number of carbonyl (C=O) groups excluding carboxylic acids is 1. The van der Waals surface area contributed by atoms with Gasteiger partial charge < -0.3 is 37.7 Å². The Morgan fingerprint density at radius 3 is 2.00 bits per heavy atom. The highest BCUT2D eigenvalue weighted by atomic mass is 31.2. The Kier molecular flexibility index (Phi) is 6.36.